The Hall–Kier alpha value is -2.49. The van der Waals surface area contributed by atoms with Crippen LogP contribution in [-0.2, 0) is 0 Å². The normalized spacial score (nSPS) is 10.7. The van der Waals surface area contributed by atoms with Crippen LogP contribution in [0.4, 0.5) is 0 Å². The number of rotatable bonds is 3. The molecule has 4 heteroatoms. The van der Waals surface area contributed by atoms with Gasteiger partial charge in [0.15, 0.2) is 17.3 Å². The molecule has 86 valence electrons. The zero-order valence-corrected chi connectivity index (χ0v) is 8.75. The summed E-state index contributed by atoms with van der Waals surface area (Å²) in [4.78, 5) is 12.1. The molecular formula is C13H10O4. The smallest absolute Gasteiger partial charge is 0.293 e. The molecule has 3 N–H and O–H groups in total. The Kier molecular flexibility index (Phi) is 2.38. The highest BCUT2D eigenvalue weighted by molar-refractivity contribution is 6.11. The Morgan fingerprint density at radius 1 is 1.00 bits per heavy atom. The van der Waals surface area contributed by atoms with Gasteiger partial charge in [0.25, 0.3) is 1.43 Å². The fraction of sp³-hybridized carbons (Fsp3) is 0. The molecule has 0 aliphatic heterocycles. The molecule has 0 saturated carbocycles. The molecule has 0 aliphatic rings. The fourth-order valence-electron chi connectivity index (χ4n) is 1.48. The van der Waals surface area contributed by atoms with Crippen molar-refractivity contribution >= 4 is 5.78 Å². The van der Waals surface area contributed by atoms with E-state index in [4.69, 9.17) is 1.43 Å². The van der Waals surface area contributed by atoms with Crippen LogP contribution < -0.4 is 0 Å². The summed E-state index contributed by atoms with van der Waals surface area (Å²) in [5.41, 5.74) is 0.424. The number of carbonyl (C=O) groups is 1. The summed E-state index contributed by atoms with van der Waals surface area (Å²) in [6.07, 6.45) is 0. The van der Waals surface area contributed by atoms with Crippen molar-refractivity contribution in [2.45, 2.75) is 0 Å². The van der Waals surface area contributed by atoms with Gasteiger partial charge >= 0.3 is 0 Å². The van der Waals surface area contributed by atoms with Crippen LogP contribution in [0.2, 0.25) is 0 Å². The SMILES string of the molecule is [2H]Oc1c(C(=O)c2ccccc2)ccc(O)c1O. The van der Waals surface area contributed by atoms with E-state index < -0.39 is 17.3 Å². The number of aromatic hydroxyl groups is 3. The second-order valence-electron chi connectivity index (χ2n) is 3.51. The highest BCUT2D eigenvalue weighted by Gasteiger charge is 2.18. The lowest BCUT2D eigenvalue weighted by Crippen LogP contribution is -2.01. The van der Waals surface area contributed by atoms with E-state index in [2.05, 4.69) is 5.11 Å². The van der Waals surface area contributed by atoms with Crippen molar-refractivity contribution in [3.63, 3.8) is 0 Å². The first-order valence-corrected chi connectivity index (χ1v) is 4.93. The third-order valence-corrected chi connectivity index (χ3v) is 2.39. The molecule has 4 nitrogen and oxygen atoms in total. The number of phenols is 3. The summed E-state index contributed by atoms with van der Waals surface area (Å²) in [5, 5.41) is 23.0. The summed E-state index contributed by atoms with van der Waals surface area (Å²) in [5.74, 6) is -1.81. The van der Waals surface area contributed by atoms with Gasteiger partial charge in [0.2, 0.25) is 5.75 Å². The first kappa shape index (κ1) is 9.72. The van der Waals surface area contributed by atoms with E-state index in [9.17, 15) is 15.0 Å². The summed E-state index contributed by atoms with van der Waals surface area (Å²) in [7, 11) is 0. The molecule has 0 bridgehead atoms. The molecule has 2 rings (SSSR count). The monoisotopic (exact) mass is 231 g/mol. The van der Waals surface area contributed by atoms with Crippen molar-refractivity contribution in [2.24, 2.45) is 0 Å². The molecular weight excluding hydrogens is 220 g/mol. The largest absolute Gasteiger partial charge is 0.504 e. The van der Waals surface area contributed by atoms with Crippen LogP contribution in [0.15, 0.2) is 42.5 Å². The van der Waals surface area contributed by atoms with Gasteiger partial charge in [-0.1, -0.05) is 30.3 Å². The molecule has 17 heavy (non-hydrogen) atoms. The molecule has 2 aromatic carbocycles. The maximum Gasteiger partial charge on any atom is 0.293 e. The van der Waals surface area contributed by atoms with Crippen molar-refractivity contribution < 1.29 is 20.1 Å². The van der Waals surface area contributed by atoms with Crippen LogP contribution in [0, 0.1) is 0 Å². The van der Waals surface area contributed by atoms with E-state index in [-0.39, 0.29) is 11.3 Å². The van der Waals surface area contributed by atoms with Crippen LogP contribution in [0.25, 0.3) is 0 Å². The lowest BCUT2D eigenvalue weighted by molar-refractivity contribution is 0.103. The minimum atomic E-state index is -0.619. The average Bonchev–Trinajstić information content (AvgIpc) is 2.42. The maximum atomic E-state index is 12.1. The number of benzene rings is 2. The van der Waals surface area contributed by atoms with Gasteiger partial charge in [-0.15, -0.1) is 0 Å². The molecule has 0 aromatic heterocycles. The second kappa shape index (κ2) is 4.17. The topological polar surface area (TPSA) is 77.8 Å². The van der Waals surface area contributed by atoms with Crippen LogP contribution in [-0.4, -0.2) is 22.5 Å². The van der Waals surface area contributed by atoms with E-state index in [0.29, 0.717) is 5.56 Å². The molecule has 0 atom stereocenters. The van der Waals surface area contributed by atoms with E-state index >= 15 is 0 Å². The highest BCUT2D eigenvalue weighted by Crippen LogP contribution is 2.37. The van der Waals surface area contributed by atoms with Gasteiger partial charge in [-0.25, -0.2) is 0 Å². The average molecular weight is 231 g/mol. The van der Waals surface area contributed by atoms with Gasteiger partial charge < -0.3 is 15.3 Å². The van der Waals surface area contributed by atoms with Crippen molar-refractivity contribution in [3.05, 3.63) is 53.6 Å². The van der Waals surface area contributed by atoms with E-state index in [0.717, 1.165) is 0 Å². The maximum absolute atomic E-state index is 12.1. The van der Waals surface area contributed by atoms with Crippen LogP contribution in [0.5, 0.6) is 17.2 Å². The van der Waals surface area contributed by atoms with Crippen molar-refractivity contribution in [1.29, 1.82) is 1.43 Å². The quantitative estimate of drug-likeness (QED) is 0.558. The molecule has 0 fully saturated rings. The van der Waals surface area contributed by atoms with Crippen LogP contribution >= 0.6 is 0 Å². The minimum absolute atomic E-state index is 0.0199. The number of hydrogen-bond acceptors (Lipinski definition) is 4. The highest BCUT2D eigenvalue weighted by atomic mass is 16.3. The Labute approximate surface area is 98.9 Å². The zero-order valence-electron chi connectivity index (χ0n) is 9.75. The van der Waals surface area contributed by atoms with E-state index in [1.807, 2.05) is 0 Å². The zero-order chi connectivity index (χ0) is 13.1. The van der Waals surface area contributed by atoms with Gasteiger partial charge in [0.1, 0.15) is 0 Å². The first-order valence-electron chi connectivity index (χ1n) is 5.34. The fourth-order valence-corrected chi connectivity index (χ4v) is 1.48. The van der Waals surface area contributed by atoms with Crippen molar-refractivity contribution in [3.8, 4) is 17.2 Å². The summed E-state index contributed by atoms with van der Waals surface area (Å²) in [6, 6.07) is 10.9. The number of phenolic OH excluding ortho intramolecular Hbond substituents is 3. The molecule has 0 radical (unpaired) electrons. The standard InChI is InChI=1S/C13H10O4/c14-10-7-6-9(12(16)13(10)17)11(15)8-4-2-1-3-5-8/h1-7,14,16-17H/i/hD. The number of ketones is 1. The van der Waals surface area contributed by atoms with Crippen molar-refractivity contribution in [1.82, 2.24) is 0 Å². The molecule has 0 spiro atoms. The van der Waals surface area contributed by atoms with Gasteiger partial charge in [-0.05, 0) is 12.1 Å². The summed E-state index contributed by atoms with van der Waals surface area (Å²) in [6.45, 7) is 0. The molecule has 0 heterocycles. The predicted octanol–water partition coefficient (Wildman–Crippen LogP) is 2.03. The first-order chi connectivity index (χ1) is 8.65. The Balaban J connectivity index is 2.52. The van der Waals surface area contributed by atoms with Crippen molar-refractivity contribution in [2.75, 3.05) is 0 Å². The predicted molar refractivity (Wildman–Crippen MR) is 61.3 cm³/mol. The Morgan fingerprint density at radius 3 is 2.35 bits per heavy atom. The van der Waals surface area contributed by atoms with Crippen LogP contribution in [0.1, 0.15) is 15.9 Å². The van der Waals surface area contributed by atoms with Gasteiger partial charge in [-0.3, -0.25) is 4.79 Å². The molecule has 2 aromatic rings. The van der Waals surface area contributed by atoms with E-state index in [1.165, 1.54) is 12.1 Å². The number of hydrogen-bond donors (Lipinski definition) is 3. The van der Waals surface area contributed by atoms with E-state index in [1.54, 1.807) is 30.3 Å². The molecule has 0 aliphatic carbocycles. The van der Waals surface area contributed by atoms with Crippen LogP contribution in [0.3, 0.4) is 0 Å². The van der Waals surface area contributed by atoms with Gasteiger partial charge in [0, 0.05) is 5.56 Å². The lowest BCUT2D eigenvalue weighted by Gasteiger charge is -2.06. The summed E-state index contributed by atoms with van der Waals surface area (Å²) < 4.78 is 6.85. The second-order valence-corrected chi connectivity index (χ2v) is 3.51. The summed E-state index contributed by atoms with van der Waals surface area (Å²) >= 11 is 0. The Morgan fingerprint density at radius 2 is 1.71 bits per heavy atom. The van der Waals surface area contributed by atoms with Gasteiger partial charge in [0.05, 0.1) is 5.56 Å². The lowest BCUT2D eigenvalue weighted by atomic mass is 10.0. The minimum Gasteiger partial charge on any atom is -0.504 e. The third kappa shape index (κ3) is 1.92. The van der Waals surface area contributed by atoms with Gasteiger partial charge in [-0.2, -0.15) is 0 Å². The Bertz CT molecular complexity index is 581. The molecule has 0 saturated heterocycles. The number of carbonyl (C=O) groups excluding carboxylic acids is 1. The third-order valence-electron chi connectivity index (χ3n) is 2.39. The molecule has 0 unspecified atom stereocenters. The molecule has 0 amide bonds.